The van der Waals surface area contributed by atoms with Crippen molar-refractivity contribution >= 4 is 34.8 Å². The van der Waals surface area contributed by atoms with Gasteiger partial charge in [0.05, 0.1) is 12.8 Å². The highest BCUT2D eigenvalue weighted by Crippen LogP contribution is 2.24. The Kier molecular flexibility index (Phi) is 5.91. The number of methoxy groups -OCH3 is 1. The molecule has 0 aliphatic heterocycles. The fraction of sp³-hybridized carbons (Fsp3) is 0.0952. The molecule has 142 valence electrons. The molecule has 2 aromatic carbocycles. The lowest BCUT2D eigenvalue weighted by atomic mass is 10.2. The number of anilines is 2. The molecule has 0 aliphatic carbocycles. The zero-order valence-electron chi connectivity index (χ0n) is 15.3. The molecule has 1 heterocycles. The smallest absolute Gasteiger partial charge is 0.274 e. The van der Waals surface area contributed by atoms with Crippen LogP contribution < -0.4 is 15.4 Å². The van der Waals surface area contributed by atoms with Crippen LogP contribution in [-0.2, 0) is 0 Å². The predicted molar refractivity (Wildman–Crippen MR) is 109 cm³/mol. The van der Waals surface area contributed by atoms with Crippen LogP contribution in [0.4, 0.5) is 11.4 Å². The topological polar surface area (TPSA) is 80.3 Å². The van der Waals surface area contributed by atoms with Gasteiger partial charge in [-0.15, -0.1) is 0 Å². The van der Waals surface area contributed by atoms with Gasteiger partial charge in [0.2, 0.25) is 0 Å². The van der Waals surface area contributed by atoms with Crippen molar-refractivity contribution in [3.05, 3.63) is 82.6 Å². The van der Waals surface area contributed by atoms with Gasteiger partial charge >= 0.3 is 0 Å². The summed E-state index contributed by atoms with van der Waals surface area (Å²) in [5.74, 6) is -0.350. The highest BCUT2D eigenvalue weighted by molar-refractivity contribution is 6.31. The Hall–Kier alpha value is -3.38. The Morgan fingerprint density at radius 2 is 1.43 bits per heavy atom. The average Bonchev–Trinajstić information content (AvgIpc) is 2.72. The van der Waals surface area contributed by atoms with Crippen molar-refractivity contribution in [2.75, 3.05) is 17.7 Å². The van der Waals surface area contributed by atoms with Crippen LogP contribution in [0.2, 0.25) is 5.02 Å². The zero-order chi connectivity index (χ0) is 20.1. The number of ether oxygens (including phenoxy) is 1. The van der Waals surface area contributed by atoms with Gasteiger partial charge < -0.3 is 15.4 Å². The third-order valence-corrected chi connectivity index (χ3v) is 4.49. The molecule has 0 bridgehead atoms. The van der Waals surface area contributed by atoms with Gasteiger partial charge in [-0.3, -0.25) is 9.59 Å². The minimum atomic E-state index is -0.446. The van der Waals surface area contributed by atoms with Crippen molar-refractivity contribution < 1.29 is 14.3 Å². The van der Waals surface area contributed by atoms with Gasteiger partial charge in [-0.1, -0.05) is 35.9 Å². The molecule has 3 rings (SSSR count). The third-order valence-electron chi connectivity index (χ3n) is 4.09. The molecule has 6 nitrogen and oxygen atoms in total. The van der Waals surface area contributed by atoms with Gasteiger partial charge in [0.1, 0.15) is 17.1 Å². The Morgan fingerprint density at radius 3 is 2.11 bits per heavy atom. The summed E-state index contributed by atoms with van der Waals surface area (Å²) in [6, 6.07) is 16.9. The van der Waals surface area contributed by atoms with E-state index in [1.54, 1.807) is 48.5 Å². The van der Waals surface area contributed by atoms with E-state index in [0.717, 1.165) is 5.56 Å². The first-order valence-electron chi connectivity index (χ1n) is 8.47. The Balaban J connectivity index is 1.78. The van der Waals surface area contributed by atoms with Crippen LogP contribution in [0, 0.1) is 6.92 Å². The average molecular weight is 396 g/mol. The lowest BCUT2D eigenvalue weighted by Crippen LogP contribution is -2.19. The zero-order valence-corrected chi connectivity index (χ0v) is 16.1. The number of hydrogen-bond acceptors (Lipinski definition) is 4. The predicted octanol–water partition coefficient (Wildman–Crippen LogP) is 4.56. The molecule has 28 heavy (non-hydrogen) atoms. The van der Waals surface area contributed by atoms with Crippen LogP contribution in [-0.4, -0.2) is 23.9 Å². The summed E-state index contributed by atoms with van der Waals surface area (Å²) in [5, 5.41) is 6.05. The van der Waals surface area contributed by atoms with Crippen molar-refractivity contribution in [2.24, 2.45) is 0 Å². The number of carbonyl (C=O) groups excluding carboxylic acids is 2. The number of benzene rings is 2. The monoisotopic (exact) mass is 395 g/mol. The molecule has 0 spiro atoms. The molecule has 0 radical (unpaired) electrons. The number of amides is 2. The second-order valence-electron chi connectivity index (χ2n) is 5.93. The summed E-state index contributed by atoms with van der Waals surface area (Å²) in [7, 11) is 1.52. The van der Waals surface area contributed by atoms with E-state index in [-0.39, 0.29) is 11.4 Å². The maximum atomic E-state index is 12.5. The van der Waals surface area contributed by atoms with E-state index < -0.39 is 11.8 Å². The van der Waals surface area contributed by atoms with Gasteiger partial charge in [0.25, 0.3) is 11.8 Å². The van der Waals surface area contributed by atoms with Gasteiger partial charge in [-0.2, -0.15) is 0 Å². The summed E-state index contributed by atoms with van der Waals surface area (Å²) < 4.78 is 5.22. The molecule has 2 N–H and O–H groups in total. The highest BCUT2D eigenvalue weighted by Gasteiger charge is 2.15. The van der Waals surface area contributed by atoms with Gasteiger partial charge in [-0.05, 0) is 48.9 Å². The number of para-hydroxylation sites is 2. The van der Waals surface area contributed by atoms with E-state index >= 15 is 0 Å². The van der Waals surface area contributed by atoms with Crippen molar-refractivity contribution in [1.82, 2.24) is 4.98 Å². The van der Waals surface area contributed by atoms with E-state index in [4.69, 9.17) is 16.3 Å². The molecule has 0 fully saturated rings. The number of pyridine rings is 1. The number of aromatic nitrogens is 1. The van der Waals surface area contributed by atoms with E-state index in [9.17, 15) is 9.59 Å². The number of halogens is 1. The molecule has 2 amide bonds. The van der Waals surface area contributed by atoms with Crippen LogP contribution in [0.15, 0.2) is 60.7 Å². The Labute approximate surface area is 167 Å². The van der Waals surface area contributed by atoms with Crippen LogP contribution in [0.3, 0.4) is 0 Å². The van der Waals surface area contributed by atoms with E-state index in [1.807, 2.05) is 6.92 Å². The third kappa shape index (κ3) is 4.29. The number of carbonyl (C=O) groups is 2. The summed E-state index contributed by atoms with van der Waals surface area (Å²) in [6.07, 6.45) is 0. The van der Waals surface area contributed by atoms with Crippen LogP contribution in [0.5, 0.6) is 5.75 Å². The quantitative estimate of drug-likeness (QED) is 0.663. The second kappa shape index (κ2) is 8.54. The molecule has 7 heteroatoms. The second-order valence-corrected chi connectivity index (χ2v) is 6.34. The molecular formula is C21H18ClN3O3. The van der Waals surface area contributed by atoms with Gasteiger partial charge in [0.15, 0.2) is 0 Å². The Morgan fingerprint density at radius 1 is 0.857 bits per heavy atom. The van der Waals surface area contributed by atoms with Gasteiger partial charge in [-0.25, -0.2) is 4.98 Å². The molecule has 3 aromatic rings. The molecule has 0 aliphatic rings. The molecule has 0 saturated heterocycles. The van der Waals surface area contributed by atoms with Crippen LogP contribution >= 0.6 is 11.6 Å². The van der Waals surface area contributed by atoms with Crippen molar-refractivity contribution in [3.63, 3.8) is 0 Å². The lowest BCUT2D eigenvalue weighted by molar-refractivity contribution is 0.101. The van der Waals surface area contributed by atoms with Crippen molar-refractivity contribution in [1.29, 1.82) is 0 Å². The minimum Gasteiger partial charge on any atom is -0.495 e. The first-order chi connectivity index (χ1) is 13.5. The van der Waals surface area contributed by atoms with Crippen LogP contribution in [0.1, 0.15) is 26.5 Å². The lowest BCUT2D eigenvalue weighted by Gasteiger charge is -2.11. The first-order valence-corrected chi connectivity index (χ1v) is 8.85. The van der Waals surface area contributed by atoms with E-state index in [1.165, 1.54) is 19.2 Å². The number of nitrogens with zero attached hydrogens (tertiary/aromatic N) is 1. The largest absolute Gasteiger partial charge is 0.495 e. The maximum absolute atomic E-state index is 12.5. The highest BCUT2D eigenvalue weighted by atomic mass is 35.5. The maximum Gasteiger partial charge on any atom is 0.274 e. The minimum absolute atomic E-state index is 0.112. The van der Waals surface area contributed by atoms with Crippen LogP contribution in [0.25, 0.3) is 0 Å². The van der Waals surface area contributed by atoms with Crippen molar-refractivity contribution in [2.45, 2.75) is 6.92 Å². The SMILES string of the molecule is COc1ccccc1NC(=O)c1cccc(C(=O)Nc2cccc(Cl)c2C)n1. The number of rotatable bonds is 5. The Bertz CT molecular complexity index is 1040. The van der Waals surface area contributed by atoms with E-state index in [2.05, 4.69) is 15.6 Å². The van der Waals surface area contributed by atoms with Crippen molar-refractivity contribution in [3.8, 4) is 5.75 Å². The fourth-order valence-corrected chi connectivity index (χ4v) is 2.73. The summed E-state index contributed by atoms with van der Waals surface area (Å²) >= 11 is 6.08. The van der Waals surface area contributed by atoms with Gasteiger partial charge in [0, 0.05) is 10.7 Å². The number of hydrogen-bond donors (Lipinski definition) is 2. The summed E-state index contributed by atoms with van der Waals surface area (Å²) in [6.45, 7) is 1.81. The summed E-state index contributed by atoms with van der Waals surface area (Å²) in [5.41, 5.74) is 2.08. The molecule has 0 unspecified atom stereocenters. The summed E-state index contributed by atoms with van der Waals surface area (Å²) in [4.78, 5) is 29.3. The standard InChI is InChI=1S/C21H18ClN3O3/c1-13-14(22)7-5-9-15(13)24-20(26)17-10-6-11-18(23-17)21(27)25-16-8-3-4-12-19(16)28-2/h3-12H,1-2H3,(H,24,26)(H,25,27). The molecular weight excluding hydrogens is 378 g/mol. The molecule has 0 atom stereocenters. The molecule has 0 saturated carbocycles. The number of nitrogens with one attached hydrogen (secondary N) is 2. The fourth-order valence-electron chi connectivity index (χ4n) is 2.55. The van der Waals surface area contributed by atoms with E-state index in [0.29, 0.717) is 22.1 Å². The normalized spacial score (nSPS) is 10.2. The first kappa shape index (κ1) is 19.4. The molecule has 1 aromatic heterocycles.